The van der Waals surface area contributed by atoms with Gasteiger partial charge in [0.25, 0.3) is 0 Å². The van der Waals surface area contributed by atoms with E-state index in [0.717, 1.165) is 19.6 Å². The van der Waals surface area contributed by atoms with E-state index in [0.29, 0.717) is 6.42 Å². The van der Waals surface area contributed by atoms with E-state index in [9.17, 15) is 0 Å². The first kappa shape index (κ1) is 9.82. The van der Waals surface area contributed by atoms with E-state index in [4.69, 9.17) is 9.68 Å². The minimum atomic E-state index is 0.589. The molecule has 1 aromatic rings. The molecule has 3 nitrogen and oxygen atoms in total. The zero-order valence-corrected chi connectivity index (χ0v) is 7.86. The third-order valence-corrected chi connectivity index (χ3v) is 1.97. The van der Waals surface area contributed by atoms with E-state index in [1.807, 2.05) is 6.07 Å². The van der Waals surface area contributed by atoms with E-state index in [1.54, 1.807) is 12.5 Å². The van der Waals surface area contributed by atoms with Crippen LogP contribution in [0.4, 0.5) is 0 Å². The molecule has 0 fully saturated rings. The van der Waals surface area contributed by atoms with Gasteiger partial charge in [0.2, 0.25) is 0 Å². The highest BCUT2D eigenvalue weighted by atomic mass is 16.3. The minimum absolute atomic E-state index is 0.589. The van der Waals surface area contributed by atoms with Gasteiger partial charge in [-0.1, -0.05) is 6.92 Å². The molecule has 0 spiro atoms. The van der Waals surface area contributed by atoms with Crippen LogP contribution in [0.15, 0.2) is 23.0 Å². The largest absolute Gasteiger partial charge is 0.472 e. The van der Waals surface area contributed by atoms with Gasteiger partial charge in [0.05, 0.1) is 18.6 Å². The molecule has 70 valence electrons. The Kier molecular flexibility index (Phi) is 4.07. The first-order chi connectivity index (χ1) is 6.36. The summed E-state index contributed by atoms with van der Waals surface area (Å²) >= 11 is 0. The van der Waals surface area contributed by atoms with Crippen molar-refractivity contribution in [3.63, 3.8) is 0 Å². The SMILES string of the molecule is CCN(CCC#N)Cc1ccoc1. The van der Waals surface area contributed by atoms with E-state index in [2.05, 4.69) is 17.9 Å². The zero-order chi connectivity index (χ0) is 9.52. The predicted octanol–water partition coefficient (Wildman–Crippen LogP) is 2.02. The molecule has 0 saturated heterocycles. The van der Waals surface area contributed by atoms with Crippen molar-refractivity contribution in [1.29, 1.82) is 5.26 Å². The number of furan rings is 1. The maximum absolute atomic E-state index is 8.44. The Labute approximate surface area is 78.6 Å². The molecule has 0 aliphatic rings. The molecule has 0 amide bonds. The van der Waals surface area contributed by atoms with Crippen molar-refractivity contribution in [2.45, 2.75) is 19.9 Å². The third kappa shape index (κ3) is 3.30. The normalized spacial score (nSPS) is 10.2. The molecule has 0 atom stereocenters. The fourth-order valence-electron chi connectivity index (χ4n) is 1.20. The second-order valence-corrected chi connectivity index (χ2v) is 2.91. The van der Waals surface area contributed by atoms with Gasteiger partial charge in [-0.2, -0.15) is 5.26 Å². The van der Waals surface area contributed by atoms with Gasteiger partial charge in [-0.05, 0) is 12.6 Å². The first-order valence-electron chi connectivity index (χ1n) is 4.47. The van der Waals surface area contributed by atoms with Crippen LogP contribution in [0.3, 0.4) is 0 Å². The van der Waals surface area contributed by atoms with Gasteiger partial charge in [0, 0.05) is 25.1 Å². The standard InChI is InChI=1S/C10H14N2O/c1-2-12(6-3-5-11)8-10-4-7-13-9-10/h4,7,9H,2-3,6,8H2,1H3. The van der Waals surface area contributed by atoms with Crippen molar-refractivity contribution in [2.24, 2.45) is 0 Å². The Bertz CT molecular complexity index is 261. The number of nitrogens with zero attached hydrogens (tertiary/aromatic N) is 2. The quantitative estimate of drug-likeness (QED) is 0.692. The lowest BCUT2D eigenvalue weighted by atomic mass is 10.3. The maximum atomic E-state index is 8.44. The van der Waals surface area contributed by atoms with Gasteiger partial charge >= 0.3 is 0 Å². The molecule has 1 heterocycles. The average Bonchev–Trinajstić information content (AvgIpc) is 2.64. The number of rotatable bonds is 5. The maximum Gasteiger partial charge on any atom is 0.0947 e. The number of hydrogen-bond donors (Lipinski definition) is 0. The Hall–Kier alpha value is -1.27. The summed E-state index contributed by atoms with van der Waals surface area (Å²) in [5, 5.41) is 8.44. The summed E-state index contributed by atoms with van der Waals surface area (Å²) < 4.78 is 4.97. The van der Waals surface area contributed by atoms with E-state index >= 15 is 0 Å². The summed E-state index contributed by atoms with van der Waals surface area (Å²) in [4.78, 5) is 2.22. The van der Waals surface area contributed by atoms with Crippen LogP contribution in [0, 0.1) is 11.3 Å². The molecule has 0 unspecified atom stereocenters. The average molecular weight is 178 g/mol. The summed E-state index contributed by atoms with van der Waals surface area (Å²) in [5.41, 5.74) is 1.17. The second-order valence-electron chi connectivity index (χ2n) is 2.91. The molecule has 3 heteroatoms. The molecular weight excluding hydrogens is 164 g/mol. The summed E-state index contributed by atoms with van der Waals surface area (Å²) in [5.74, 6) is 0. The van der Waals surface area contributed by atoms with Crippen LogP contribution in [0.25, 0.3) is 0 Å². The van der Waals surface area contributed by atoms with Crippen molar-refractivity contribution in [3.8, 4) is 6.07 Å². The Morgan fingerprint density at radius 2 is 2.46 bits per heavy atom. The zero-order valence-electron chi connectivity index (χ0n) is 7.86. The Balaban J connectivity index is 2.36. The molecule has 0 saturated carbocycles. The van der Waals surface area contributed by atoms with Gasteiger partial charge in [0.15, 0.2) is 0 Å². The van der Waals surface area contributed by atoms with Crippen molar-refractivity contribution < 1.29 is 4.42 Å². The van der Waals surface area contributed by atoms with Gasteiger partial charge in [-0.25, -0.2) is 0 Å². The minimum Gasteiger partial charge on any atom is -0.472 e. The summed E-state index contributed by atoms with van der Waals surface area (Å²) in [6.07, 6.45) is 4.01. The van der Waals surface area contributed by atoms with Crippen molar-refractivity contribution in [3.05, 3.63) is 24.2 Å². The molecular formula is C10H14N2O. The molecule has 0 N–H and O–H groups in total. The molecule has 0 aliphatic heterocycles. The van der Waals surface area contributed by atoms with Crippen LogP contribution in [0.1, 0.15) is 18.9 Å². The molecule has 0 aliphatic carbocycles. The van der Waals surface area contributed by atoms with E-state index < -0.39 is 0 Å². The van der Waals surface area contributed by atoms with Crippen molar-refractivity contribution in [1.82, 2.24) is 4.90 Å². The van der Waals surface area contributed by atoms with Crippen LogP contribution in [0.2, 0.25) is 0 Å². The van der Waals surface area contributed by atoms with Crippen LogP contribution < -0.4 is 0 Å². The lowest BCUT2D eigenvalue weighted by Gasteiger charge is -2.17. The molecule has 0 aromatic carbocycles. The van der Waals surface area contributed by atoms with E-state index in [-0.39, 0.29) is 0 Å². The highest BCUT2D eigenvalue weighted by Gasteiger charge is 2.03. The van der Waals surface area contributed by atoms with Crippen LogP contribution in [0.5, 0.6) is 0 Å². The summed E-state index contributed by atoms with van der Waals surface area (Å²) in [7, 11) is 0. The smallest absolute Gasteiger partial charge is 0.0947 e. The van der Waals surface area contributed by atoms with Crippen LogP contribution >= 0.6 is 0 Å². The van der Waals surface area contributed by atoms with Gasteiger partial charge in [-0.3, -0.25) is 4.90 Å². The topological polar surface area (TPSA) is 40.2 Å². The highest BCUT2D eigenvalue weighted by Crippen LogP contribution is 2.05. The molecule has 0 bridgehead atoms. The van der Waals surface area contributed by atoms with Crippen molar-refractivity contribution >= 4 is 0 Å². The Morgan fingerprint density at radius 3 is 3.00 bits per heavy atom. The van der Waals surface area contributed by atoms with Crippen molar-refractivity contribution in [2.75, 3.05) is 13.1 Å². The lowest BCUT2D eigenvalue weighted by molar-refractivity contribution is 0.286. The van der Waals surface area contributed by atoms with Crippen LogP contribution in [-0.4, -0.2) is 18.0 Å². The van der Waals surface area contributed by atoms with Gasteiger partial charge in [-0.15, -0.1) is 0 Å². The monoisotopic (exact) mass is 178 g/mol. The second kappa shape index (κ2) is 5.39. The predicted molar refractivity (Wildman–Crippen MR) is 49.9 cm³/mol. The molecule has 1 aromatic heterocycles. The fraction of sp³-hybridized carbons (Fsp3) is 0.500. The van der Waals surface area contributed by atoms with Gasteiger partial charge < -0.3 is 4.42 Å². The molecule has 13 heavy (non-hydrogen) atoms. The highest BCUT2D eigenvalue weighted by molar-refractivity contribution is 5.04. The molecule has 1 rings (SSSR count). The fourth-order valence-corrected chi connectivity index (χ4v) is 1.20. The van der Waals surface area contributed by atoms with Crippen LogP contribution in [-0.2, 0) is 6.54 Å². The lowest BCUT2D eigenvalue weighted by Crippen LogP contribution is -2.23. The molecule has 0 radical (unpaired) electrons. The number of nitriles is 1. The number of hydrogen-bond acceptors (Lipinski definition) is 3. The summed E-state index contributed by atoms with van der Waals surface area (Å²) in [6, 6.07) is 4.10. The third-order valence-electron chi connectivity index (χ3n) is 1.97. The summed E-state index contributed by atoms with van der Waals surface area (Å²) in [6.45, 7) is 4.76. The Morgan fingerprint density at radius 1 is 1.62 bits per heavy atom. The van der Waals surface area contributed by atoms with E-state index in [1.165, 1.54) is 5.56 Å². The first-order valence-corrected chi connectivity index (χ1v) is 4.47. The van der Waals surface area contributed by atoms with Gasteiger partial charge in [0.1, 0.15) is 0 Å².